The van der Waals surface area contributed by atoms with E-state index < -0.39 is 0 Å². The fraction of sp³-hybridized carbons (Fsp3) is 0.647. The molecule has 0 aromatic carbocycles. The topological polar surface area (TPSA) is 85.1 Å². The molecule has 2 aliphatic rings. The second-order valence-corrected chi connectivity index (χ2v) is 6.99. The number of amides is 1. The first kappa shape index (κ1) is 17.2. The summed E-state index contributed by atoms with van der Waals surface area (Å²) in [6.45, 7) is 3.66. The molecule has 26 heavy (non-hydrogen) atoms. The van der Waals surface area contributed by atoms with Crippen LogP contribution in [0.3, 0.4) is 0 Å². The highest BCUT2D eigenvalue weighted by Gasteiger charge is 2.29. The van der Waals surface area contributed by atoms with Crippen molar-refractivity contribution in [1.82, 2.24) is 29.6 Å². The Hall–Kier alpha value is -2.26. The van der Waals surface area contributed by atoms with Gasteiger partial charge in [0, 0.05) is 32.1 Å². The second-order valence-electron chi connectivity index (χ2n) is 6.99. The number of aromatic nitrogens is 4. The maximum Gasteiger partial charge on any atom is 0.248 e. The number of hydrogen-bond donors (Lipinski definition) is 0. The minimum Gasteiger partial charge on any atom is -0.480 e. The van der Waals surface area contributed by atoms with Crippen LogP contribution in [0.5, 0.6) is 5.88 Å². The van der Waals surface area contributed by atoms with Crippen LogP contribution in [-0.4, -0.2) is 88.6 Å². The van der Waals surface area contributed by atoms with E-state index in [9.17, 15) is 4.79 Å². The average molecular weight is 360 g/mol. The largest absolute Gasteiger partial charge is 0.480 e. The van der Waals surface area contributed by atoms with Gasteiger partial charge in [0.25, 0.3) is 0 Å². The molecule has 2 aliphatic heterocycles. The van der Waals surface area contributed by atoms with Gasteiger partial charge >= 0.3 is 0 Å². The zero-order valence-electron chi connectivity index (χ0n) is 15.2. The Morgan fingerprint density at radius 1 is 1.27 bits per heavy atom. The summed E-state index contributed by atoms with van der Waals surface area (Å²) in [5.41, 5.74) is 0.742. The van der Waals surface area contributed by atoms with Gasteiger partial charge in [-0.1, -0.05) is 0 Å². The summed E-state index contributed by atoms with van der Waals surface area (Å²) in [7, 11) is 3.44. The lowest BCUT2D eigenvalue weighted by Crippen LogP contribution is -2.49. The van der Waals surface area contributed by atoms with Crippen LogP contribution in [0, 0.1) is 0 Å². The van der Waals surface area contributed by atoms with Gasteiger partial charge in [0.1, 0.15) is 6.61 Å². The molecule has 0 saturated carbocycles. The van der Waals surface area contributed by atoms with E-state index in [2.05, 4.69) is 20.2 Å². The Morgan fingerprint density at radius 2 is 2.08 bits per heavy atom. The summed E-state index contributed by atoms with van der Waals surface area (Å²) < 4.78 is 12.7. The van der Waals surface area contributed by atoms with Crippen molar-refractivity contribution in [3.8, 4) is 5.88 Å². The third-order valence-electron chi connectivity index (χ3n) is 5.23. The molecular weight excluding hydrogens is 336 g/mol. The molecule has 4 heterocycles. The van der Waals surface area contributed by atoms with E-state index in [0.717, 1.165) is 43.9 Å². The molecule has 1 atom stereocenters. The van der Waals surface area contributed by atoms with E-state index in [-0.39, 0.29) is 18.6 Å². The molecule has 1 unspecified atom stereocenters. The fourth-order valence-electron chi connectivity index (χ4n) is 3.68. The monoisotopic (exact) mass is 360 g/mol. The van der Waals surface area contributed by atoms with Crippen LogP contribution in [0.25, 0.3) is 5.65 Å². The van der Waals surface area contributed by atoms with Crippen LogP contribution in [0.2, 0.25) is 0 Å². The van der Waals surface area contributed by atoms with Crippen molar-refractivity contribution in [3.05, 3.63) is 18.0 Å². The summed E-state index contributed by atoms with van der Waals surface area (Å²) in [6.07, 6.45) is 2.09. The number of methoxy groups -OCH3 is 1. The van der Waals surface area contributed by atoms with Crippen molar-refractivity contribution >= 4 is 11.6 Å². The van der Waals surface area contributed by atoms with E-state index in [1.54, 1.807) is 22.6 Å². The normalized spacial score (nSPS) is 22.9. The Labute approximate surface area is 151 Å². The first-order chi connectivity index (χ1) is 12.6. The van der Waals surface area contributed by atoms with Crippen LogP contribution in [0.1, 0.15) is 24.6 Å². The molecule has 2 aromatic rings. The average Bonchev–Trinajstić information content (AvgIpc) is 3.08. The van der Waals surface area contributed by atoms with Crippen molar-refractivity contribution in [3.63, 3.8) is 0 Å². The molecule has 140 valence electrons. The molecule has 2 fully saturated rings. The smallest absolute Gasteiger partial charge is 0.248 e. The number of carbonyl (C=O) groups is 1. The molecule has 0 radical (unpaired) electrons. The lowest BCUT2D eigenvalue weighted by Gasteiger charge is -2.36. The predicted octanol–water partition coefficient (Wildman–Crippen LogP) is 0.170. The second kappa shape index (κ2) is 7.16. The third kappa shape index (κ3) is 3.36. The molecule has 0 aliphatic carbocycles. The Bertz CT molecular complexity index is 786. The quantitative estimate of drug-likeness (QED) is 0.768. The van der Waals surface area contributed by atoms with Gasteiger partial charge < -0.3 is 19.3 Å². The van der Waals surface area contributed by atoms with Gasteiger partial charge in [0.05, 0.1) is 13.2 Å². The zero-order chi connectivity index (χ0) is 18.1. The van der Waals surface area contributed by atoms with Gasteiger partial charge in [0.15, 0.2) is 11.5 Å². The Kier molecular flexibility index (Phi) is 4.73. The van der Waals surface area contributed by atoms with Gasteiger partial charge in [-0.05, 0) is 32.0 Å². The summed E-state index contributed by atoms with van der Waals surface area (Å²) in [5, 5.41) is 13.0. The number of ether oxygens (including phenoxy) is 2. The van der Waals surface area contributed by atoms with Gasteiger partial charge in [-0.15, -0.1) is 15.3 Å². The summed E-state index contributed by atoms with van der Waals surface area (Å²) in [4.78, 5) is 15.7. The van der Waals surface area contributed by atoms with Gasteiger partial charge in [-0.2, -0.15) is 4.52 Å². The van der Waals surface area contributed by atoms with Crippen molar-refractivity contribution in [2.45, 2.75) is 24.9 Å². The number of hydrogen-bond acceptors (Lipinski definition) is 7. The number of nitrogens with zero attached hydrogens (tertiary/aromatic N) is 6. The van der Waals surface area contributed by atoms with E-state index in [1.165, 1.54) is 0 Å². The summed E-state index contributed by atoms with van der Waals surface area (Å²) in [5.74, 6) is 1.85. The van der Waals surface area contributed by atoms with Gasteiger partial charge in [0.2, 0.25) is 11.8 Å². The van der Waals surface area contributed by atoms with Crippen LogP contribution in [0.15, 0.2) is 12.1 Å². The predicted molar refractivity (Wildman–Crippen MR) is 93.1 cm³/mol. The Morgan fingerprint density at radius 3 is 2.81 bits per heavy atom. The van der Waals surface area contributed by atoms with Crippen molar-refractivity contribution in [1.29, 1.82) is 0 Å². The lowest BCUT2D eigenvalue weighted by molar-refractivity contribution is -0.147. The van der Waals surface area contributed by atoms with Crippen molar-refractivity contribution in [2.75, 3.05) is 46.9 Å². The summed E-state index contributed by atoms with van der Waals surface area (Å²) >= 11 is 0. The molecular formula is C17H24N6O3. The number of morpholine rings is 1. The van der Waals surface area contributed by atoms with E-state index in [1.807, 2.05) is 13.1 Å². The van der Waals surface area contributed by atoms with Crippen LogP contribution in [0.4, 0.5) is 0 Å². The minimum atomic E-state index is 0.0570. The standard InChI is InChI=1S/C17H24N6O3/c1-21-9-13(26-11-16(21)24)10-22-7-5-12(6-8-22)17-19-18-14-3-4-15(25-2)20-23(14)17/h3-4,12-13H,5-11H2,1-2H3. The zero-order valence-corrected chi connectivity index (χ0v) is 15.2. The van der Waals surface area contributed by atoms with Gasteiger partial charge in [-0.3, -0.25) is 4.79 Å². The maximum atomic E-state index is 11.5. The lowest BCUT2D eigenvalue weighted by atomic mass is 9.96. The summed E-state index contributed by atoms with van der Waals surface area (Å²) in [6, 6.07) is 3.66. The number of likely N-dealkylation sites (N-methyl/N-ethyl adjacent to an activating group) is 1. The van der Waals surface area contributed by atoms with Crippen LogP contribution in [-0.2, 0) is 9.53 Å². The molecule has 9 heteroatoms. The molecule has 0 N–H and O–H groups in total. The number of carbonyl (C=O) groups excluding carboxylic acids is 1. The van der Waals surface area contributed by atoms with Crippen molar-refractivity contribution < 1.29 is 14.3 Å². The molecule has 0 bridgehead atoms. The highest BCUT2D eigenvalue weighted by Crippen LogP contribution is 2.27. The number of rotatable bonds is 4. The van der Waals surface area contributed by atoms with E-state index in [4.69, 9.17) is 9.47 Å². The SMILES string of the molecule is COc1ccc2nnc(C3CCN(CC4CN(C)C(=O)CO4)CC3)n2n1. The molecule has 4 rings (SSSR count). The molecule has 0 spiro atoms. The maximum absolute atomic E-state index is 11.5. The first-order valence-electron chi connectivity index (χ1n) is 8.98. The van der Waals surface area contributed by atoms with E-state index >= 15 is 0 Å². The number of fused-ring (bicyclic) bond motifs is 1. The molecule has 2 saturated heterocycles. The highest BCUT2D eigenvalue weighted by molar-refractivity contribution is 5.77. The highest BCUT2D eigenvalue weighted by atomic mass is 16.5. The van der Waals surface area contributed by atoms with Gasteiger partial charge in [-0.25, -0.2) is 0 Å². The van der Waals surface area contributed by atoms with E-state index in [0.29, 0.717) is 18.3 Å². The molecule has 9 nitrogen and oxygen atoms in total. The number of likely N-dealkylation sites (tertiary alicyclic amines) is 1. The fourth-order valence-corrected chi connectivity index (χ4v) is 3.68. The third-order valence-corrected chi connectivity index (χ3v) is 5.23. The van der Waals surface area contributed by atoms with Crippen LogP contribution < -0.4 is 4.74 Å². The van der Waals surface area contributed by atoms with Crippen molar-refractivity contribution in [2.24, 2.45) is 0 Å². The number of piperidine rings is 1. The van der Waals surface area contributed by atoms with Crippen LogP contribution >= 0.6 is 0 Å². The molecule has 2 aromatic heterocycles. The Balaban J connectivity index is 1.37. The first-order valence-corrected chi connectivity index (χ1v) is 8.98. The minimum absolute atomic E-state index is 0.0570. The molecule has 1 amide bonds.